The van der Waals surface area contributed by atoms with Gasteiger partial charge in [0.25, 0.3) is 0 Å². The number of hydrogen-bond donors (Lipinski definition) is 2. The number of amides is 1. The SMILES string of the molecule is CC1CCC2CC1C2(C)C.NCc1ccc(Oc2ccc(C(N)=O)cn2)c2ccccc12. The molecule has 0 spiro atoms. The van der Waals surface area contributed by atoms with Gasteiger partial charge in [0, 0.05) is 24.2 Å². The molecule has 0 saturated heterocycles. The first-order valence-electron chi connectivity index (χ1n) is 11.5. The average molecular weight is 432 g/mol. The minimum absolute atomic E-state index is 0.343. The lowest BCUT2D eigenvalue weighted by molar-refractivity contribution is -0.0988. The third-order valence-corrected chi connectivity index (χ3v) is 7.63. The topological polar surface area (TPSA) is 91.2 Å². The second-order valence-electron chi connectivity index (χ2n) is 9.74. The molecule has 1 heterocycles. The summed E-state index contributed by atoms with van der Waals surface area (Å²) in [4.78, 5) is 15.1. The first-order chi connectivity index (χ1) is 15.3. The lowest BCUT2D eigenvalue weighted by Crippen LogP contribution is -2.51. The van der Waals surface area contributed by atoms with Crippen LogP contribution in [0.4, 0.5) is 0 Å². The van der Waals surface area contributed by atoms with Gasteiger partial charge in [-0.2, -0.15) is 0 Å². The Kier molecular flexibility index (Phi) is 6.20. The van der Waals surface area contributed by atoms with Crippen LogP contribution in [0.15, 0.2) is 54.7 Å². The Labute approximate surface area is 190 Å². The van der Waals surface area contributed by atoms with Gasteiger partial charge in [-0.05, 0) is 59.1 Å². The number of pyridine rings is 1. The number of primary amides is 1. The maximum atomic E-state index is 11.0. The van der Waals surface area contributed by atoms with Crippen LogP contribution in [0.3, 0.4) is 0 Å². The highest BCUT2D eigenvalue weighted by molar-refractivity contribution is 5.92. The molecule has 32 heavy (non-hydrogen) atoms. The summed E-state index contributed by atoms with van der Waals surface area (Å²) in [5.74, 6) is 3.72. The molecule has 6 rings (SSSR count). The molecule has 3 unspecified atom stereocenters. The van der Waals surface area contributed by atoms with Crippen molar-refractivity contribution >= 4 is 16.7 Å². The summed E-state index contributed by atoms with van der Waals surface area (Å²) in [7, 11) is 0. The molecule has 5 nitrogen and oxygen atoms in total. The molecule has 3 aromatic rings. The van der Waals surface area contributed by atoms with Gasteiger partial charge in [-0.1, -0.05) is 57.5 Å². The van der Waals surface area contributed by atoms with Gasteiger partial charge >= 0.3 is 0 Å². The highest BCUT2D eigenvalue weighted by Crippen LogP contribution is 2.61. The van der Waals surface area contributed by atoms with Gasteiger partial charge in [0.05, 0.1) is 5.56 Å². The van der Waals surface area contributed by atoms with E-state index in [2.05, 4.69) is 25.8 Å². The lowest BCUT2D eigenvalue weighted by Gasteiger charge is -2.59. The van der Waals surface area contributed by atoms with Gasteiger partial charge in [0.15, 0.2) is 0 Å². The summed E-state index contributed by atoms with van der Waals surface area (Å²) in [6.45, 7) is 7.82. The molecule has 1 amide bonds. The fraction of sp³-hybridized carbons (Fsp3) is 0.407. The number of nitrogens with two attached hydrogens (primary N) is 2. The number of nitrogens with zero attached hydrogens (tertiary/aromatic N) is 1. The van der Waals surface area contributed by atoms with Crippen molar-refractivity contribution in [1.29, 1.82) is 0 Å². The van der Waals surface area contributed by atoms with Crippen LogP contribution in [0, 0.1) is 23.2 Å². The smallest absolute Gasteiger partial charge is 0.250 e. The van der Waals surface area contributed by atoms with Crippen LogP contribution < -0.4 is 16.2 Å². The maximum absolute atomic E-state index is 11.0. The zero-order valence-electron chi connectivity index (χ0n) is 19.2. The molecule has 3 fully saturated rings. The fourth-order valence-corrected chi connectivity index (χ4v) is 5.48. The first-order valence-corrected chi connectivity index (χ1v) is 11.5. The van der Waals surface area contributed by atoms with E-state index in [0.717, 1.165) is 34.1 Å². The van der Waals surface area contributed by atoms with E-state index in [0.29, 0.717) is 29.2 Å². The second kappa shape index (κ2) is 8.91. The summed E-state index contributed by atoms with van der Waals surface area (Å²) in [6, 6.07) is 14.9. The van der Waals surface area contributed by atoms with Gasteiger partial charge in [-0.15, -0.1) is 0 Å². The molecule has 2 bridgehead atoms. The van der Waals surface area contributed by atoms with Crippen molar-refractivity contribution < 1.29 is 9.53 Å². The van der Waals surface area contributed by atoms with Gasteiger partial charge in [0.2, 0.25) is 11.8 Å². The number of ether oxygens (including phenoxy) is 1. The van der Waals surface area contributed by atoms with Gasteiger partial charge < -0.3 is 16.2 Å². The Morgan fingerprint density at radius 3 is 2.38 bits per heavy atom. The zero-order valence-corrected chi connectivity index (χ0v) is 19.2. The van der Waals surface area contributed by atoms with Crippen LogP contribution in [0.25, 0.3) is 10.8 Å². The molecule has 0 aliphatic heterocycles. The monoisotopic (exact) mass is 431 g/mol. The molecule has 4 N–H and O–H groups in total. The van der Waals surface area contributed by atoms with Crippen molar-refractivity contribution in [2.24, 2.45) is 34.6 Å². The number of hydrogen-bond acceptors (Lipinski definition) is 4. The van der Waals surface area contributed by atoms with E-state index in [1.807, 2.05) is 36.4 Å². The molecule has 5 heteroatoms. The first kappa shape index (κ1) is 22.3. The van der Waals surface area contributed by atoms with Crippen LogP contribution in [-0.2, 0) is 6.54 Å². The predicted molar refractivity (Wildman–Crippen MR) is 128 cm³/mol. The molecule has 3 saturated carbocycles. The molecule has 168 valence electrons. The Morgan fingerprint density at radius 2 is 1.84 bits per heavy atom. The zero-order chi connectivity index (χ0) is 22.9. The Bertz CT molecular complexity index is 1110. The average Bonchev–Trinajstić information content (AvgIpc) is 2.80. The molecule has 1 aromatic heterocycles. The number of carbonyl (C=O) groups excluding carboxylic acids is 1. The third-order valence-electron chi connectivity index (χ3n) is 7.63. The number of benzene rings is 2. The van der Waals surface area contributed by atoms with Crippen molar-refractivity contribution in [2.45, 2.75) is 46.6 Å². The normalized spacial score (nSPS) is 22.9. The van der Waals surface area contributed by atoms with E-state index < -0.39 is 5.91 Å². The highest BCUT2D eigenvalue weighted by Gasteiger charge is 2.52. The molecule has 3 atom stereocenters. The quantitative estimate of drug-likeness (QED) is 0.557. The van der Waals surface area contributed by atoms with Crippen LogP contribution in [0.1, 0.15) is 56.0 Å². The fourth-order valence-electron chi connectivity index (χ4n) is 5.48. The summed E-state index contributed by atoms with van der Waals surface area (Å²) in [5.41, 5.74) is 13.1. The van der Waals surface area contributed by atoms with E-state index in [9.17, 15) is 4.79 Å². The molecular weight excluding hydrogens is 398 g/mol. The van der Waals surface area contributed by atoms with E-state index in [1.165, 1.54) is 25.5 Å². The number of aromatic nitrogens is 1. The van der Waals surface area contributed by atoms with Gasteiger partial charge in [-0.25, -0.2) is 4.98 Å². The number of carbonyl (C=O) groups is 1. The second-order valence-corrected chi connectivity index (χ2v) is 9.74. The minimum atomic E-state index is -0.517. The highest BCUT2D eigenvalue weighted by atomic mass is 16.5. The molecule has 0 radical (unpaired) electrons. The van der Waals surface area contributed by atoms with Crippen molar-refractivity contribution in [3.8, 4) is 11.6 Å². The molecule has 3 aliphatic carbocycles. The number of rotatable bonds is 4. The van der Waals surface area contributed by atoms with Crippen LogP contribution in [-0.4, -0.2) is 10.9 Å². The van der Waals surface area contributed by atoms with E-state index in [4.69, 9.17) is 16.2 Å². The molecule has 3 aliphatic rings. The van der Waals surface area contributed by atoms with Crippen LogP contribution in [0.2, 0.25) is 0 Å². The lowest BCUT2D eigenvalue weighted by atomic mass is 9.46. The Balaban J connectivity index is 0.000000203. The van der Waals surface area contributed by atoms with E-state index in [-0.39, 0.29) is 0 Å². The third kappa shape index (κ3) is 4.22. The van der Waals surface area contributed by atoms with Crippen molar-refractivity contribution in [1.82, 2.24) is 4.98 Å². The minimum Gasteiger partial charge on any atom is -0.438 e. The van der Waals surface area contributed by atoms with E-state index >= 15 is 0 Å². The Morgan fingerprint density at radius 1 is 1.09 bits per heavy atom. The van der Waals surface area contributed by atoms with Crippen molar-refractivity contribution in [3.05, 3.63) is 65.9 Å². The van der Waals surface area contributed by atoms with E-state index in [1.54, 1.807) is 12.1 Å². The Hall–Kier alpha value is -2.92. The number of fused-ring (bicyclic) bond motifs is 3. The van der Waals surface area contributed by atoms with Gasteiger partial charge in [0.1, 0.15) is 5.75 Å². The summed E-state index contributed by atoms with van der Waals surface area (Å²) in [6.07, 6.45) is 5.94. The maximum Gasteiger partial charge on any atom is 0.250 e. The van der Waals surface area contributed by atoms with Crippen molar-refractivity contribution in [2.75, 3.05) is 0 Å². The summed E-state index contributed by atoms with van der Waals surface area (Å²) < 4.78 is 5.82. The van der Waals surface area contributed by atoms with Gasteiger partial charge in [-0.3, -0.25) is 4.79 Å². The van der Waals surface area contributed by atoms with Crippen LogP contribution in [0.5, 0.6) is 11.6 Å². The molecular formula is C27H33N3O2. The molecule has 2 aromatic carbocycles. The predicted octanol–water partition coefficient (Wildman–Crippen LogP) is 5.66. The largest absolute Gasteiger partial charge is 0.438 e. The standard InChI is InChI=1S/C17H15N3O2.C10H18/c18-9-11-5-7-15(14-4-2-1-3-13(11)14)22-16-8-6-12(10-20-16)17(19)21;1-7-4-5-8-6-9(7)10(8,2)3/h1-8,10H,9,18H2,(H2,19,21);7-9H,4-6H2,1-3H3. The van der Waals surface area contributed by atoms with Crippen LogP contribution >= 0.6 is 0 Å². The summed E-state index contributed by atoms with van der Waals surface area (Å²) in [5, 5.41) is 2.02. The van der Waals surface area contributed by atoms with Crippen molar-refractivity contribution in [3.63, 3.8) is 0 Å². The summed E-state index contributed by atoms with van der Waals surface area (Å²) >= 11 is 0.